The highest BCUT2D eigenvalue weighted by Crippen LogP contribution is 2.16. The summed E-state index contributed by atoms with van der Waals surface area (Å²) in [6.07, 6.45) is 0.882. The minimum Gasteiger partial charge on any atom is -0.400 e. The first kappa shape index (κ1) is 18.1. The summed E-state index contributed by atoms with van der Waals surface area (Å²) in [5, 5.41) is 27.1. The standard InChI is InChI=1S/C13H10N6O7/c14-12(20)17(15-7-10-5-6-11(26-10)19(24)25)13(21)16-8-1-3-9(4-2-8)18(22)23/h1-7H,(H2,14,20)(H,16,21)/b15-7-. The topological polar surface area (TPSA) is 187 Å². The first-order valence-electron chi connectivity index (χ1n) is 6.71. The number of anilines is 1. The van der Waals surface area contributed by atoms with Gasteiger partial charge < -0.3 is 15.5 Å². The van der Waals surface area contributed by atoms with Crippen LogP contribution in [0.4, 0.5) is 26.8 Å². The smallest absolute Gasteiger partial charge is 0.400 e. The predicted molar refractivity (Wildman–Crippen MR) is 86.5 cm³/mol. The van der Waals surface area contributed by atoms with Gasteiger partial charge in [0.15, 0.2) is 5.76 Å². The van der Waals surface area contributed by atoms with E-state index < -0.39 is 27.8 Å². The Morgan fingerprint density at radius 3 is 2.27 bits per heavy atom. The van der Waals surface area contributed by atoms with Gasteiger partial charge in [-0.2, -0.15) is 5.10 Å². The molecule has 3 N–H and O–H groups in total. The van der Waals surface area contributed by atoms with Crippen LogP contribution in [0.25, 0.3) is 0 Å². The van der Waals surface area contributed by atoms with Crippen molar-refractivity contribution < 1.29 is 23.9 Å². The predicted octanol–water partition coefficient (Wildman–Crippen LogP) is 2.04. The Balaban J connectivity index is 2.11. The molecule has 0 aliphatic carbocycles. The molecular weight excluding hydrogens is 352 g/mol. The lowest BCUT2D eigenvalue weighted by Crippen LogP contribution is -2.39. The highest BCUT2D eigenvalue weighted by atomic mass is 16.6. The summed E-state index contributed by atoms with van der Waals surface area (Å²) in [4.78, 5) is 43.1. The SMILES string of the molecule is NC(=O)N(/N=C\c1ccc([N+](=O)[O-])o1)C(=O)Nc1ccc([N+](=O)[O-])cc1. The number of furan rings is 1. The van der Waals surface area contributed by atoms with E-state index in [4.69, 9.17) is 10.2 Å². The van der Waals surface area contributed by atoms with Crippen molar-refractivity contribution in [1.82, 2.24) is 5.01 Å². The van der Waals surface area contributed by atoms with Gasteiger partial charge in [0.2, 0.25) is 0 Å². The third-order valence-corrected chi connectivity index (χ3v) is 2.82. The van der Waals surface area contributed by atoms with E-state index in [0.717, 1.165) is 24.4 Å². The van der Waals surface area contributed by atoms with Crippen LogP contribution >= 0.6 is 0 Å². The fraction of sp³-hybridized carbons (Fsp3) is 0. The summed E-state index contributed by atoms with van der Waals surface area (Å²) < 4.78 is 4.79. The molecule has 134 valence electrons. The largest absolute Gasteiger partial charge is 0.433 e. The molecule has 0 unspecified atom stereocenters. The maximum atomic E-state index is 12.0. The van der Waals surface area contributed by atoms with Gasteiger partial charge in [0.25, 0.3) is 5.69 Å². The molecule has 0 aliphatic heterocycles. The maximum Gasteiger partial charge on any atom is 0.433 e. The lowest BCUT2D eigenvalue weighted by Gasteiger charge is -2.13. The van der Waals surface area contributed by atoms with Crippen molar-refractivity contribution >= 4 is 35.5 Å². The zero-order valence-electron chi connectivity index (χ0n) is 12.8. The third-order valence-electron chi connectivity index (χ3n) is 2.82. The summed E-state index contributed by atoms with van der Waals surface area (Å²) in [7, 11) is 0. The first-order valence-corrected chi connectivity index (χ1v) is 6.71. The van der Waals surface area contributed by atoms with Crippen LogP contribution in [0.5, 0.6) is 0 Å². The molecule has 2 rings (SSSR count). The summed E-state index contributed by atoms with van der Waals surface area (Å²) in [6, 6.07) is 4.77. The van der Waals surface area contributed by atoms with Gasteiger partial charge in [0, 0.05) is 17.8 Å². The number of imide groups is 1. The molecule has 4 amide bonds. The number of primary amides is 1. The van der Waals surface area contributed by atoms with Gasteiger partial charge in [0.1, 0.15) is 4.92 Å². The summed E-state index contributed by atoms with van der Waals surface area (Å²) in [6.45, 7) is 0. The molecule has 13 heteroatoms. The van der Waals surface area contributed by atoms with E-state index >= 15 is 0 Å². The van der Waals surface area contributed by atoms with Crippen LogP contribution in [0.1, 0.15) is 5.76 Å². The molecule has 0 saturated heterocycles. The van der Waals surface area contributed by atoms with Gasteiger partial charge in [-0.1, -0.05) is 0 Å². The molecule has 2 aromatic rings. The molecule has 0 saturated carbocycles. The summed E-state index contributed by atoms with van der Waals surface area (Å²) in [5.74, 6) is -0.640. The van der Waals surface area contributed by atoms with E-state index in [1.807, 2.05) is 0 Å². The fourth-order valence-corrected chi connectivity index (χ4v) is 1.68. The Morgan fingerprint density at radius 2 is 1.77 bits per heavy atom. The van der Waals surface area contributed by atoms with Gasteiger partial charge in [-0.25, -0.2) is 9.59 Å². The number of nitro groups is 2. The summed E-state index contributed by atoms with van der Waals surface area (Å²) >= 11 is 0. The molecule has 0 aliphatic rings. The number of nitrogens with two attached hydrogens (primary N) is 1. The number of urea groups is 2. The number of nitrogens with zero attached hydrogens (tertiary/aromatic N) is 4. The molecule has 0 atom stereocenters. The van der Waals surface area contributed by atoms with Crippen molar-refractivity contribution in [2.75, 3.05) is 5.32 Å². The number of hydrogen-bond donors (Lipinski definition) is 2. The number of rotatable bonds is 5. The number of benzene rings is 1. The van der Waals surface area contributed by atoms with Gasteiger partial charge in [-0.3, -0.25) is 20.2 Å². The van der Waals surface area contributed by atoms with Crippen LogP contribution in [0, 0.1) is 20.2 Å². The molecule has 1 aromatic heterocycles. The van der Waals surface area contributed by atoms with Crippen molar-refractivity contribution in [3.8, 4) is 0 Å². The second-order valence-electron chi connectivity index (χ2n) is 4.56. The van der Waals surface area contributed by atoms with Gasteiger partial charge in [-0.05, 0) is 18.2 Å². The monoisotopic (exact) mass is 362 g/mol. The lowest BCUT2D eigenvalue weighted by atomic mass is 10.3. The zero-order chi connectivity index (χ0) is 19.3. The van der Waals surface area contributed by atoms with Crippen LogP contribution in [0.15, 0.2) is 45.9 Å². The van der Waals surface area contributed by atoms with Crippen LogP contribution < -0.4 is 11.1 Å². The van der Waals surface area contributed by atoms with Gasteiger partial charge >= 0.3 is 17.9 Å². The van der Waals surface area contributed by atoms with Crippen LogP contribution in [-0.4, -0.2) is 33.1 Å². The molecule has 1 aromatic carbocycles. The highest BCUT2D eigenvalue weighted by Gasteiger charge is 2.19. The number of nitrogens with one attached hydrogen (secondary N) is 1. The zero-order valence-corrected chi connectivity index (χ0v) is 12.8. The normalized spacial score (nSPS) is 10.5. The second kappa shape index (κ2) is 7.52. The van der Waals surface area contributed by atoms with Crippen LogP contribution in [0.2, 0.25) is 0 Å². The number of carbonyl (C=O) groups excluding carboxylic acids is 2. The van der Waals surface area contributed by atoms with E-state index in [-0.39, 0.29) is 22.1 Å². The number of nitro benzene ring substituents is 1. The average Bonchev–Trinajstić information content (AvgIpc) is 3.04. The number of amides is 4. The average molecular weight is 362 g/mol. The quantitative estimate of drug-likeness (QED) is 0.462. The molecule has 0 spiro atoms. The van der Waals surface area contributed by atoms with Crippen molar-refractivity contribution in [1.29, 1.82) is 0 Å². The number of hydrazone groups is 1. The van der Waals surface area contributed by atoms with Crippen molar-refractivity contribution in [2.24, 2.45) is 10.8 Å². The Morgan fingerprint density at radius 1 is 1.12 bits per heavy atom. The maximum absolute atomic E-state index is 12.0. The molecular formula is C13H10N6O7. The highest BCUT2D eigenvalue weighted by molar-refractivity contribution is 6.00. The number of carbonyl (C=O) groups is 2. The Hall–Kier alpha value is -4.29. The first-order chi connectivity index (χ1) is 12.3. The van der Waals surface area contributed by atoms with Crippen LogP contribution in [-0.2, 0) is 0 Å². The fourth-order valence-electron chi connectivity index (χ4n) is 1.68. The molecule has 0 fully saturated rings. The van der Waals surface area contributed by atoms with E-state index in [1.165, 1.54) is 18.2 Å². The van der Waals surface area contributed by atoms with E-state index in [9.17, 15) is 29.8 Å². The number of non-ortho nitro benzene ring substituents is 1. The minimum absolute atomic E-state index is 0.0916. The van der Waals surface area contributed by atoms with Crippen molar-refractivity contribution in [3.05, 3.63) is 62.4 Å². The van der Waals surface area contributed by atoms with Gasteiger partial charge in [-0.15, -0.1) is 5.01 Å². The second-order valence-corrected chi connectivity index (χ2v) is 4.56. The summed E-state index contributed by atoms with van der Waals surface area (Å²) in [5.41, 5.74) is 5.02. The van der Waals surface area contributed by atoms with Gasteiger partial charge in [0.05, 0.1) is 17.2 Å². The minimum atomic E-state index is -1.23. The van der Waals surface area contributed by atoms with E-state index in [0.29, 0.717) is 0 Å². The van der Waals surface area contributed by atoms with Crippen molar-refractivity contribution in [2.45, 2.75) is 0 Å². The molecule has 13 nitrogen and oxygen atoms in total. The van der Waals surface area contributed by atoms with Crippen LogP contribution in [0.3, 0.4) is 0 Å². The number of hydrogen-bond acceptors (Lipinski definition) is 8. The van der Waals surface area contributed by atoms with E-state index in [1.54, 1.807) is 0 Å². The third kappa shape index (κ3) is 4.38. The Labute approximate surface area is 144 Å². The Bertz CT molecular complexity index is 889. The molecule has 1 heterocycles. The van der Waals surface area contributed by atoms with Crippen molar-refractivity contribution in [3.63, 3.8) is 0 Å². The molecule has 0 radical (unpaired) electrons. The lowest BCUT2D eigenvalue weighted by molar-refractivity contribution is -0.402. The molecule has 0 bridgehead atoms. The van der Waals surface area contributed by atoms with E-state index in [2.05, 4.69) is 10.4 Å². The molecule has 26 heavy (non-hydrogen) atoms. The Kier molecular flexibility index (Phi) is 5.22.